The van der Waals surface area contributed by atoms with Gasteiger partial charge in [0, 0.05) is 38.0 Å². The summed E-state index contributed by atoms with van der Waals surface area (Å²) < 4.78 is 0. The van der Waals surface area contributed by atoms with Gasteiger partial charge < -0.3 is 0 Å². The topological polar surface area (TPSA) is 54.1 Å². The van der Waals surface area contributed by atoms with E-state index in [0.717, 1.165) is 19.8 Å². The van der Waals surface area contributed by atoms with E-state index < -0.39 is 0 Å². The zero-order chi connectivity index (χ0) is 12.1. The summed E-state index contributed by atoms with van der Waals surface area (Å²) in [5.74, 6) is 0. The fourth-order valence-corrected chi connectivity index (χ4v) is 3.25. The van der Waals surface area contributed by atoms with E-state index in [0.29, 0.717) is 24.9 Å². The first-order valence-electron chi connectivity index (χ1n) is 6.59. The molecule has 1 aliphatic heterocycles. The number of hydrogen-bond acceptors (Lipinski definition) is 4. The van der Waals surface area contributed by atoms with Crippen molar-refractivity contribution in [1.29, 1.82) is 10.5 Å². The Balaban J connectivity index is 1.96. The Bertz CT molecular complexity index is 295. The van der Waals surface area contributed by atoms with Crippen LogP contribution in [0.5, 0.6) is 0 Å². The molecule has 0 bridgehead atoms. The van der Waals surface area contributed by atoms with Crippen molar-refractivity contribution in [2.45, 2.75) is 50.6 Å². The Morgan fingerprint density at radius 3 is 1.76 bits per heavy atom. The van der Waals surface area contributed by atoms with Crippen LogP contribution in [-0.4, -0.2) is 41.6 Å². The number of nitrogens with zero attached hydrogens (tertiary/aromatic N) is 4. The molecule has 17 heavy (non-hydrogen) atoms. The van der Waals surface area contributed by atoms with Crippen LogP contribution in [0.1, 0.15) is 38.5 Å². The molecule has 2 fully saturated rings. The molecule has 0 aromatic rings. The van der Waals surface area contributed by atoms with Crippen LogP contribution in [0.3, 0.4) is 0 Å². The number of rotatable bonds is 4. The minimum atomic E-state index is 0.620. The minimum absolute atomic E-state index is 0.620. The van der Waals surface area contributed by atoms with Gasteiger partial charge in [-0.1, -0.05) is 12.8 Å². The average Bonchev–Trinajstić information content (AvgIpc) is 2.72. The van der Waals surface area contributed by atoms with E-state index in [1.165, 1.54) is 25.7 Å². The monoisotopic (exact) mass is 232 g/mol. The van der Waals surface area contributed by atoms with Crippen LogP contribution in [0.15, 0.2) is 0 Å². The average molecular weight is 232 g/mol. The van der Waals surface area contributed by atoms with Crippen LogP contribution in [0.25, 0.3) is 0 Å². The van der Waals surface area contributed by atoms with Crippen LogP contribution in [-0.2, 0) is 0 Å². The molecule has 2 aliphatic rings. The molecule has 0 spiro atoms. The van der Waals surface area contributed by atoms with E-state index in [2.05, 4.69) is 21.9 Å². The highest BCUT2D eigenvalue weighted by atomic mass is 15.4. The number of hydrogen-bond donors (Lipinski definition) is 0. The molecule has 1 saturated carbocycles. The summed E-state index contributed by atoms with van der Waals surface area (Å²) in [4.78, 5) is 4.90. The van der Waals surface area contributed by atoms with Crippen LogP contribution in [0.2, 0.25) is 0 Å². The zero-order valence-electron chi connectivity index (χ0n) is 10.3. The van der Waals surface area contributed by atoms with Gasteiger partial charge in [-0.25, -0.2) is 0 Å². The molecule has 4 heteroatoms. The molecule has 1 aliphatic carbocycles. The molecule has 0 N–H and O–H groups in total. The first-order chi connectivity index (χ1) is 8.36. The highest BCUT2D eigenvalue weighted by molar-refractivity contribution is 4.96. The third kappa shape index (κ3) is 2.77. The largest absolute Gasteiger partial charge is 0.285 e. The number of nitriles is 2. The smallest absolute Gasteiger partial charge is 0.0635 e. The molecule has 0 aromatic heterocycles. The third-order valence-corrected chi connectivity index (χ3v) is 4.02. The van der Waals surface area contributed by atoms with Crippen LogP contribution in [0.4, 0.5) is 0 Å². The standard InChI is InChI=1S/C13H20N4/c14-7-3-9-16-11-17(10-4-8-15)13-6-2-1-5-12(13)16/h12-13H,1-6,9-11H2. The summed E-state index contributed by atoms with van der Waals surface area (Å²) in [6.07, 6.45) is 6.40. The van der Waals surface area contributed by atoms with Gasteiger partial charge in [0.1, 0.15) is 0 Å². The number of fused-ring (bicyclic) bond motifs is 1. The lowest BCUT2D eigenvalue weighted by Gasteiger charge is -2.32. The zero-order valence-corrected chi connectivity index (χ0v) is 10.3. The molecule has 2 unspecified atom stereocenters. The highest BCUT2D eigenvalue weighted by Gasteiger charge is 2.40. The Labute approximate surface area is 103 Å². The van der Waals surface area contributed by atoms with Crippen molar-refractivity contribution in [3.63, 3.8) is 0 Å². The minimum Gasteiger partial charge on any atom is -0.285 e. The van der Waals surface area contributed by atoms with Gasteiger partial charge in [-0.2, -0.15) is 10.5 Å². The Hall–Kier alpha value is -1.10. The van der Waals surface area contributed by atoms with Gasteiger partial charge in [-0.15, -0.1) is 0 Å². The summed E-state index contributed by atoms with van der Waals surface area (Å²) in [5.41, 5.74) is 0. The fraction of sp³-hybridized carbons (Fsp3) is 0.846. The Morgan fingerprint density at radius 2 is 1.35 bits per heavy atom. The van der Waals surface area contributed by atoms with Gasteiger partial charge in [-0.05, 0) is 12.8 Å². The first kappa shape index (κ1) is 12.4. The molecule has 92 valence electrons. The molecule has 4 nitrogen and oxygen atoms in total. The van der Waals surface area contributed by atoms with Gasteiger partial charge in [0.25, 0.3) is 0 Å². The summed E-state index contributed by atoms with van der Waals surface area (Å²) >= 11 is 0. The summed E-state index contributed by atoms with van der Waals surface area (Å²) in [7, 11) is 0. The van der Waals surface area contributed by atoms with Gasteiger partial charge in [0.15, 0.2) is 0 Å². The Kier molecular flexibility index (Phi) is 4.36. The normalized spacial score (nSPS) is 29.5. The molecule has 2 atom stereocenters. The predicted molar refractivity (Wildman–Crippen MR) is 64.8 cm³/mol. The first-order valence-corrected chi connectivity index (χ1v) is 6.59. The van der Waals surface area contributed by atoms with E-state index in [1.54, 1.807) is 0 Å². The lowest BCUT2D eigenvalue weighted by Crippen LogP contribution is -2.40. The second-order valence-corrected chi connectivity index (χ2v) is 5.00. The maximum absolute atomic E-state index is 8.70. The van der Waals surface area contributed by atoms with Crippen LogP contribution < -0.4 is 0 Å². The summed E-state index contributed by atoms with van der Waals surface area (Å²) in [5, 5.41) is 17.4. The van der Waals surface area contributed by atoms with Crippen LogP contribution in [0, 0.1) is 22.7 Å². The molecule has 1 saturated heterocycles. The molecular weight excluding hydrogens is 212 g/mol. The third-order valence-electron chi connectivity index (χ3n) is 4.02. The second kappa shape index (κ2) is 6.00. The predicted octanol–water partition coefficient (Wildman–Crippen LogP) is 1.70. The lowest BCUT2D eigenvalue weighted by atomic mass is 9.90. The van der Waals surface area contributed by atoms with Crippen molar-refractivity contribution in [1.82, 2.24) is 9.80 Å². The van der Waals surface area contributed by atoms with E-state index in [1.807, 2.05) is 0 Å². The summed E-state index contributed by atoms with van der Waals surface area (Å²) in [6.45, 7) is 2.74. The summed E-state index contributed by atoms with van der Waals surface area (Å²) in [6, 6.07) is 5.74. The van der Waals surface area contributed by atoms with Crippen molar-refractivity contribution >= 4 is 0 Å². The van der Waals surface area contributed by atoms with Crippen molar-refractivity contribution in [2.75, 3.05) is 19.8 Å². The fourth-order valence-electron chi connectivity index (χ4n) is 3.25. The van der Waals surface area contributed by atoms with Crippen molar-refractivity contribution in [2.24, 2.45) is 0 Å². The highest BCUT2D eigenvalue weighted by Crippen LogP contribution is 2.32. The molecule has 0 radical (unpaired) electrons. The van der Waals surface area contributed by atoms with E-state index >= 15 is 0 Å². The SMILES string of the molecule is N#CCCN1CN(CCC#N)C2CCCCC21. The molecule has 1 heterocycles. The van der Waals surface area contributed by atoms with Gasteiger partial charge >= 0.3 is 0 Å². The van der Waals surface area contributed by atoms with Crippen molar-refractivity contribution < 1.29 is 0 Å². The van der Waals surface area contributed by atoms with Gasteiger partial charge in [0.05, 0.1) is 18.8 Å². The molecule has 2 rings (SSSR count). The molecule has 0 amide bonds. The Morgan fingerprint density at radius 1 is 0.882 bits per heavy atom. The van der Waals surface area contributed by atoms with Crippen molar-refractivity contribution in [3.05, 3.63) is 0 Å². The quantitative estimate of drug-likeness (QED) is 0.740. The van der Waals surface area contributed by atoms with Gasteiger partial charge in [0.2, 0.25) is 0 Å². The van der Waals surface area contributed by atoms with Crippen molar-refractivity contribution in [3.8, 4) is 12.1 Å². The van der Waals surface area contributed by atoms with E-state index in [4.69, 9.17) is 10.5 Å². The van der Waals surface area contributed by atoms with Gasteiger partial charge in [-0.3, -0.25) is 9.80 Å². The maximum Gasteiger partial charge on any atom is 0.0635 e. The molecular formula is C13H20N4. The van der Waals surface area contributed by atoms with Crippen LogP contribution >= 0.6 is 0 Å². The molecule has 0 aromatic carbocycles. The maximum atomic E-state index is 8.70. The lowest BCUT2D eigenvalue weighted by molar-refractivity contribution is 0.206. The van der Waals surface area contributed by atoms with E-state index in [9.17, 15) is 0 Å². The van der Waals surface area contributed by atoms with E-state index in [-0.39, 0.29) is 0 Å². The second-order valence-electron chi connectivity index (χ2n) is 5.00.